The first kappa shape index (κ1) is 12.3. The van der Waals surface area contributed by atoms with Crippen LogP contribution in [0.5, 0.6) is 0 Å². The summed E-state index contributed by atoms with van der Waals surface area (Å²) in [6.45, 7) is 6.48. The van der Waals surface area contributed by atoms with Crippen molar-refractivity contribution in [3.8, 4) is 0 Å². The van der Waals surface area contributed by atoms with Gasteiger partial charge in [0.1, 0.15) is 5.78 Å². The third-order valence-corrected chi connectivity index (χ3v) is 0.911. The number of Topliss-reactive ketones (excluding diaryl/α,β-unsaturated/α-hetero) is 1. The number of ketones is 1. The SMILES string of the molecule is CC.CC(=O)CCN(C)C. The number of nitrogens with zero attached hydrogens (tertiary/aromatic N) is 1. The zero-order valence-corrected chi connectivity index (χ0v) is 7.77. The summed E-state index contributed by atoms with van der Waals surface area (Å²) in [7, 11) is 3.92. The Morgan fingerprint density at radius 3 is 1.80 bits per heavy atom. The van der Waals surface area contributed by atoms with Crippen molar-refractivity contribution in [2.24, 2.45) is 0 Å². The largest absolute Gasteiger partial charge is 0.309 e. The van der Waals surface area contributed by atoms with Crippen LogP contribution in [-0.2, 0) is 4.79 Å². The van der Waals surface area contributed by atoms with Gasteiger partial charge in [0, 0.05) is 13.0 Å². The Labute approximate surface area is 64.2 Å². The summed E-state index contributed by atoms with van der Waals surface area (Å²) >= 11 is 0. The molecular weight excluding hydrogens is 126 g/mol. The van der Waals surface area contributed by atoms with Crippen molar-refractivity contribution in [1.82, 2.24) is 4.90 Å². The Hall–Kier alpha value is -0.370. The molecule has 10 heavy (non-hydrogen) atoms. The molecule has 0 spiro atoms. The van der Waals surface area contributed by atoms with Gasteiger partial charge in [0.05, 0.1) is 0 Å². The van der Waals surface area contributed by atoms with E-state index in [0.717, 1.165) is 6.54 Å². The summed E-state index contributed by atoms with van der Waals surface area (Å²) in [5.74, 6) is 0.263. The smallest absolute Gasteiger partial charge is 0.131 e. The van der Waals surface area contributed by atoms with Crippen molar-refractivity contribution in [3.05, 3.63) is 0 Å². The molecule has 0 aromatic heterocycles. The van der Waals surface area contributed by atoms with Crippen LogP contribution in [0.2, 0.25) is 0 Å². The fourth-order valence-electron chi connectivity index (χ4n) is 0.381. The van der Waals surface area contributed by atoms with Crippen LogP contribution in [-0.4, -0.2) is 31.3 Å². The number of carbonyl (C=O) groups is 1. The van der Waals surface area contributed by atoms with Crippen molar-refractivity contribution < 1.29 is 4.79 Å². The molecule has 0 saturated heterocycles. The van der Waals surface area contributed by atoms with Gasteiger partial charge in [-0.3, -0.25) is 4.79 Å². The van der Waals surface area contributed by atoms with Crippen molar-refractivity contribution in [1.29, 1.82) is 0 Å². The molecule has 0 radical (unpaired) electrons. The molecule has 0 bridgehead atoms. The highest BCUT2D eigenvalue weighted by Gasteiger charge is 1.92. The molecule has 0 aromatic rings. The number of hydrogen-bond donors (Lipinski definition) is 0. The quantitative estimate of drug-likeness (QED) is 0.600. The predicted octanol–water partition coefficient (Wildman–Crippen LogP) is 1.55. The summed E-state index contributed by atoms with van der Waals surface area (Å²) in [6.07, 6.45) is 0.674. The van der Waals surface area contributed by atoms with E-state index in [1.54, 1.807) is 6.92 Å². The van der Waals surface area contributed by atoms with Crippen LogP contribution < -0.4 is 0 Å². The Bertz CT molecular complexity index is 79.3. The molecule has 0 N–H and O–H groups in total. The molecule has 0 aliphatic heterocycles. The van der Waals surface area contributed by atoms with Crippen LogP contribution in [0.25, 0.3) is 0 Å². The summed E-state index contributed by atoms with van der Waals surface area (Å²) in [6, 6.07) is 0. The van der Waals surface area contributed by atoms with Crippen LogP contribution in [0.15, 0.2) is 0 Å². The van der Waals surface area contributed by atoms with Gasteiger partial charge in [-0.2, -0.15) is 0 Å². The molecule has 0 heterocycles. The van der Waals surface area contributed by atoms with Gasteiger partial charge in [0.15, 0.2) is 0 Å². The monoisotopic (exact) mass is 145 g/mol. The molecule has 0 atom stereocenters. The lowest BCUT2D eigenvalue weighted by Gasteiger charge is -2.05. The minimum atomic E-state index is 0.263. The molecule has 62 valence electrons. The summed E-state index contributed by atoms with van der Waals surface area (Å²) < 4.78 is 0. The van der Waals surface area contributed by atoms with E-state index in [9.17, 15) is 4.79 Å². The minimum Gasteiger partial charge on any atom is -0.309 e. The van der Waals surface area contributed by atoms with Gasteiger partial charge in [-0.25, -0.2) is 0 Å². The number of carbonyl (C=O) groups excluding carboxylic acids is 1. The van der Waals surface area contributed by atoms with Crippen LogP contribution in [0.1, 0.15) is 27.2 Å². The van der Waals surface area contributed by atoms with Crippen LogP contribution in [0, 0.1) is 0 Å². The second-order valence-corrected chi connectivity index (χ2v) is 2.26. The van der Waals surface area contributed by atoms with Crippen LogP contribution >= 0.6 is 0 Å². The highest BCUT2D eigenvalue weighted by atomic mass is 16.1. The minimum absolute atomic E-state index is 0.263. The molecule has 0 fully saturated rings. The van der Waals surface area contributed by atoms with Crippen molar-refractivity contribution in [3.63, 3.8) is 0 Å². The van der Waals surface area contributed by atoms with Crippen molar-refractivity contribution in [2.45, 2.75) is 27.2 Å². The molecular formula is C8H19NO. The summed E-state index contributed by atoms with van der Waals surface area (Å²) in [5, 5.41) is 0. The zero-order chi connectivity index (χ0) is 8.57. The average molecular weight is 145 g/mol. The Morgan fingerprint density at radius 2 is 1.70 bits per heavy atom. The van der Waals surface area contributed by atoms with Gasteiger partial charge in [0.2, 0.25) is 0 Å². The molecule has 0 saturated carbocycles. The number of hydrogen-bond acceptors (Lipinski definition) is 2. The Balaban J connectivity index is 0. The molecule has 2 nitrogen and oxygen atoms in total. The van der Waals surface area contributed by atoms with Gasteiger partial charge in [-0.05, 0) is 21.0 Å². The molecule has 0 aromatic carbocycles. The maximum atomic E-state index is 10.3. The van der Waals surface area contributed by atoms with E-state index >= 15 is 0 Å². The molecule has 0 aliphatic carbocycles. The third-order valence-electron chi connectivity index (χ3n) is 0.911. The predicted molar refractivity (Wildman–Crippen MR) is 45.2 cm³/mol. The lowest BCUT2D eigenvalue weighted by atomic mass is 10.3. The lowest BCUT2D eigenvalue weighted by molar-refractivity contribution is -0.117. The fraction of sp³-hybridized carbons (Fsp3) is 0.875. The van der Waals surface area contributed by atoms with Gasteiger partial charge in [0.25, 0.3) is 0 Å². The van der Waals surface area contributed by atoms with Gasteiger partial charge in [-0.15, -0.1) is 0 Å². The van der Waals surface area contributed by atoms with Crippen molar-refractivity contribution in [2.75, 3.05) is 20.6 Å². The molecule has 0 aliphatic rings. The van der Waals surface area contributed by atoms with E-state index in [0.29, 0.717) is 6.42 Å². The zero-order valence-electron chi connectivity index (χ0n) is 7.77. The standard InChI is InChI=1S/C6H13NO.C2H6/c1-6(8)4-5-7(2)3;1-2/h4-5H2,1-3H3;1-2H3. The van der Waals surface area contributed by atoms with E-state index in [1.807, 2.05) is 32.8 Å². The fourth-order valence-corrected chi connectivity index (χ4v) is 0.381. The molecule has 2 heteroatoms. The van der Waals surface area contributed by atoms with E-state index < -0.39 is 0 Å². The second kappa shape index (κ2) is 8.63. The summed E-state index contributed by atoms with van der Waals surface area (Å²) in [4.78, 5) is 12.3. The highest BCUT2D eigenvalue weighted by Crippen LogP contribution is 1.82. The molecule has 0 rings (SSSR count). The summed E-state index contributed by atoms with van der Waals surface area (Å²) in [5.41, 5.74) is 0. The Kier molecular flexibility index (Phi) is 10.6. The third kappa shape index (κ3) is 15.6. The van der Waals surface area contributed by atoms with E-state index in [1.165, 1.54) is 0 Å². The maximum absolute atomic E-state index is 10.3. The van der Waals surface area contributed by atoms with Crippen LogP contribution in [0.3, 0.4) is 0 Å². The maximum Gasteiger partial charge on any atom is 0.131 e. The molecule has 0 amide bonds. The normalized spacial score (nSPS) is 8.60. The first-order valence-corrected chi connectivity index (χ1v) is 3.77. The Morgan fingerprint density at radius 1 is 1.30 bits per heavy atom. The van der Waals surface area contributed by atoms with Gasteiger partial charge < -0.3 is 4.90 Å². The first-order valence-electron chi connectivity index (χ1n) is 3.77. The molecule has 0 unspecified atom stereocenters. The van der Waals surface area contributed by atoms with Crippen molar-refractivity contribution >= 4 is 5.78 Å². The van der Waals surface area contributed by atoms with E-state index in [4.69, 9.17) is 0 Å². The topological polar surface area (TPSA) is 20.3 Å². The van der Waals surface area contributed by atoms with E-state index in [-0.39, 0.29) is 5.78 Å². The van der Waals surface area contributed by atoms with Gasteiger partial charge >= 0.3 is 0 Å². The second-order valence-electron chi connectivity index (χ2n) is 2.26. The lowest BCUT2D eigenvalue weighted by Crippen LogP contribution is -2.15. The van der Waals surface area contributed by atoms with E-state index in [2.05, 4.69) is 0 Å². The van der Waals surface area contributed by atoms with Crippen LogP contribution in [0.4, 0.5) is 0 Å². The van der Waals surface area contributed by atoms with Gasteiger partial charge in [-0.1, -0.05) is 13.8 Å². The first-order chi connectivity index (χ1) is 4.63. The number of rotatable bonds is 3. The average Bonchev–Trinajstić information content (AvgIpc) is 1.89. The highest BCUT2D eigenvalue weighted by molar-refractivity contribution is 5.75.